The molecule has 0 unspecified atom stereocenters. The van der Waals surface area contributed by atoms with E-state index in [0.29, 0.717) is 53.0 Å². The Morgan fingerprint density at radius 2 is 0.647 bits per heavy atom. The Hall–Kier alpha value is -5.49. The third-order valence-electron chi connectivity index (χ3n) is 10.0. The number of carbonyl (C=O) groups excluding carboxylic acids is 3. The average Bonchev–Trinajstić information content (AvgIpc) is 3.69. The molecule has 3 aliphatic heterocycles. The Labute approximate surface area is 301 Å². The Balaban J connectivity index is 1.62. The molecule has 7 rings (SSSR count). The summed E-state index contributed by atoms with van der Waals surface area (Å²) < 4.78 is 0. The highest BCUT2D eigenvalue weighted by Crippen LogP contribution is 2.53. The number of benzene rings is 4. The lowest BCUT2D eigenvalue weighted by atomic mass is 9.86. The van der Waals surface area contributed by atoms with E-state index < -0.39 is 0 Å². The van der Waals surface area contributed by atoms with Crippen molar-refractivity contribution in [1.29, 1.82) is 0 Å². The second-order valence-corrected chi connectivity index (χ2v) is 13.5. The fraction of sp³-hybridized carbons (Fsp3) is 0.267. The van der Waals surface area contributed by atoms with Crippen molar-refractivity contribution >= 4 is 53.0 Å². The summed E-state index contributed by atoms with van der Waals surface area (Å²) in [6, 6.07) is 30.0. The van der Waals surface area contributed by atoms with Gasteiger partial charge >= 0.3 is 0 Å². The maximum Gasteiger partial charge on any atom is 0.259 e. The van der Waals surface area contributed by atoms with Crippen LogP contribution in [-0.2, 0) is 0 Å². The summed E-state index contributed by atoms with van der Waals surface area (Å²) in [7, 11) is 0. The molecule has 3 aliphatic rings. The number of amides is 3. The predicted octanol–water partition coefficient (Wildman–Crippen LogP) is 9.95. The van der Waals surface area contributed by atoms with Crippen molar-refractivity contribution in [3.8, 4) is 0 Å². The number of fused-ring (bicyclic) bond motifs is 6. The minimum absolute atomic E-state index is 0.155. The first-order valence-electron chi connectivity index (χ1n) is 18.5. The Bertz CT molecular complexity index is 1800. The number of nitrogens with zero attached hydrogens (tertiary/aromatic N) is 3. The van der Waals surface area contributed by atoms with Crippen LogP contribution in [0.3, 0.4) is 0 Å². The molecule has 258 valence electrons. The summed E-state index contributed by atoms with van der Waals surface area (Å²) in [6.45, 7) is 7.88. The van der Waals surface area contributed by atoms with Crippen LogP contribution in [0.5, 0.6) is 0 Å². The molecule has 0 radical (unpaired) electrons. The number of hydrogen-bond donors (Lipinski definition) is 0. The van der Waals surface area contributed by atoms with Crippen LogP contribution in [0.1, 0.15) is 124 Å². The third-order valence-corrected chi connectivity index (χ3v) is 10.0. The summed E-state index contributed by atoms with van der Waals surface area (Å²) in [4.78, 5) is 50.6. The Kier molecular flexibility index (Phi) is 9.85. The van der Waals surface area contributed by atoms with Gasteiger partial charge in [-0.2, -0.15) is 0 Å². The van der Waals surface area contributed by atoms with Crippen LogP contribution < -0.4 is 0 Å². The lowest BCUT2D eigenvalue weighted by molar-refractivity contribution is 0.0842. The molecule has 0 atom stereocenters. The molecule has 0 aromatic heterocycles. The van der Waals surface area contributed by atoms with E-state index in [1.807, 2.05) is 124 Å². The first-order valence-corrected chi connectivity index (χ1v) is 18.5. The molecule has 0 N–H and O–H groups in total. The maximum atomic E-state index is 15.0. The van der Waals surface area contributed by atoms with E-state index >= 15 is 14.4 Å². The minimum Gasteiger partial charge on any atom is -0.308 e. The van der Waals surface area contributed by atoms with Crippen LogP contribution in [-0.4, -0.2) is 52.1 Å². The van der Waals surface area contributed by atoms with Gasteiger partial charge in [0.15, 0.2) is 0 Å². The molecule has 4 aromatic rings. The van der Waals surface area contributed by atoms with E-state index in [9.17, 15) is 0 Å². The van der Waals surface area contributed by atoms with Crippen LogP contribution >= 0.6 is 0 Å². The third kappa shape index (κ3) is 6.13. The van der Waals surface area contributed by atoms with E-state index in [4.69, 9.17) is 0 Å². The van der Waals surface area contributed by atoms with Gasteiger partial charge in [0.1, 0.15) is 0 Å². The van der Waals surface area contributed by atoms with Gasteiger partial charge in [0.05, 0.1) is 33.8 Å². The molecule has 6 heteroatoms. The van der Waals surface area contributed by atoms with Gasteiger partial charge < -0.3 is 14.7 Å². The van der Waals surface area contributed by atoms with Crippen molar-refractivity contribution in [3.63, 3.8) is 0 Å². The second-order valence-electron chi connectivity index (χ2n) is 13.5. The summed E-state index contributed by atoms with van der Waals surface area (Å²) in [6.07, 6.45) is 11.3. The highest BCUT2D eigenvalue weighted by molar-refractivity contribution is 6.29. The fourth-order valence-corrected chi connectivity index (χ4v) is 7.48. The number of carbonyl (C=O) groups is 3. The van der Waals surface area contributed by atoms with Gasteiger partial charge in [-0.15, -0.1) is 0 Å². The Morgan fingerprint density at radius 1 is 0.392 bits per heavy atom. The lowest BCUT2D eigenvalue weighted by Gasteiger charge is -2.19. The number of rotatable bonds is 12. The molecule has 0 saturated heterocycles. The van der Waals surface area contributed by atoms with Crippen molar-refractivity contribution in [2.45, 2.75) is 59.3 Å². The lowest BCUT2D eigenvalue weighted by Crippen LogP contribution is -2.25. The van der Waals surface area contributed by atoms with Crippen LogP contribution in [0.15, 0.2) is 91.0 Å². The van der Waals surface area contributed by atoms with Crippen molar-refractivity contribution in [3.05, 3.63) is 141 Å². The van der Waals surface area contributed by atoms with E-state index in [2.05, 4.69) is 20.8 Å². The molecule has 3 heterocycles. The normalized spacial score (nSPS) is 17.4. The zero-order valence-corrected chi connectivity index (χ0v) is 29.8. The van der Waals surface area contributed by atoms with Crippen LogP contribution in [0, 0.1) is 0 Å². The molecule has 0 spiro atoms. The zero-order valence-electron chi connectivity index (χ0n) is 29.8. The average molecular weight is 676 g/mol. The highest BCUT2D eigenvalue weighted by Gasteiger charge is 2.51. The quantitative estimate of drug-likeness (QED) is 0.150. The standard InChI is InChI=1S/C45H45N3O3/c1-4-7-25-46-34(28-31-19-13-10-14-20-31)37-40(43(46)49)38-35(29-32-21-15-11-16-22-32)47(26-8-5-2)45(51)42(38)39-36(30-33-23-17-12-18-24-33)48(27-9-6-3)44(50)41(37)39/h10-24,28-30H,4-9,25-27H2,1-3H3/b34-28-,35-29-,36-30-. The van der Waals surface area contributed by atoms with Crippen LogP contribution in [0.2, 0.25) is 0 Å². The van der Waals surface area contributed by atoms with Crippen LogP contribution in [0.4, 0.5) is 0 Å². The van der Waals surface area contributed by atoms with Gasteiger partial charge in [-0.25, -0.2) is 0 Å². The molecular weight excluding hydrogens is 631 g/mol. The largest absolute Gasteiger partial charge is 0.308 e. The van der Waals surface area contributed by atoms with Crippen molar-refractivity contribution in [1.82, 2.24) is 14.7 Å². The molecule has 0 aliphatic carbocycles. The maximum absolute atomic E-state index is 15.0. The summed E-state index contributed by atoms with van der Waals surface area (Å²) >= 11 is 0. The van der Waals surface area contributed by atoms with Gasteiger partial charge in [-0.05, 0) is 54.2 Å². The number of unbranched alkanes of at least 4 members (excludes halogenated alkanes) is 3. The Morgan fingerprint density at radius 3 is 0.882 bits per heavy atom. The van der Waals surface area contributed by atoms with Gasteiger partial charge in [-0.3, -0.25) is 14.4 Å². The SMILES string of the molecule is CCCCN1C(=O)c2c(c3c(c4c2/C(=C/c2ccccc2)N(CCCC)C4=O)/C(=C/c2ccccc2)N(CCCC)C3=O)/C1=C/c1ccccc1. The number of hydrogen-bond acceptors (Lipinski definition) is 3. The molecule has 0 fully saturated rings. The van der Waals surface area contributed by atoms with E-state index in [-0.39, 0.29) is 17.7 Å². The highest BCUT2D eigenvalue weighted by atomic mass is 16.2. The summed E-state index contributed by atoms with van der Waals surface area (Å²) in [5.74, 6) is -0.466. The molecule has 51 heavy (non-hydrogen) atoms. The molecule has 3 amide bonds. The predicted molar refractivity (Wildman–Crippen MR) is 207 cm³/mol. The molecule has 4 aromatic carbocycles. The van der Waals surface area contributed by atoms with Crippen LogP contribution in [0.25, 0.3) is 35.3 Å². The minimum atomic E-state index is -0.155. The summed E-state index contributed by atoms with van der Waals surface area (Å²) in [5, 5.41) is 0. The monoisotopic (exact) mass is 675 g/mol. The smallest absolute Gasteiger partial charge is 0.259 e. The van der Waals surface area contributed by atoms with Crippen molar-refractivity contribution < 1.29 is 14.4 Å². The molecule has 0 bridgehead atoms. The fourth-order valence-electron chi connectivity index (χ4n) is 7.48. The van der Waals surface area contributed by atoms with Crippen molar-refractivity contribution in [2.75, 3.05) is 19.6 Å². The molecule has 0 saturated carbocycles. The van der Waals surface area contributed by atoms with Gasteiger partial charge in [0, 0.05) is 36.3 Å². The van der Waals surface area contributed by atoms with Gasteiger partial charge in [0.2, 0.25) is 0 Å². The summed E-state index contributed by atoms with van der Waals surface area (Å²) in [5.41, 5.74) is 8.28. The molecule has 6 nitrogen and oxygen atoms in total. The first-order chi connectivity index (χ1) is 25.0. The first kappa shape index (κ1) is 34.0. The van der Waals surface area contributed by atoms with E-state index in [1.165, 1.54) is 0 Å². The van der Waals surface area contributed by atoms with Gasteiger partial charge in [-0.1, -0.05) is 131 Å². The van der Waals surface area contributed by atoms with E-state index in [1.54, 1.807) is 0 Å². The van der Waals surface area contributed by atoms with Gasteiger partial charge in [0.25, 0.3) is 17.7 Å². The second kappa shape index (κ2) is 14.8. The topological polar surface area (TPSA) is 60.9 Å². The van der Waals surface area contributed by atoms with Crippen molar-refractivity contribution in [2.24, 2.45) is 0 Å². The zero-order chi connectivity index (χ0) is 35.5. The molecular formula is C45H45N3O3. The van der Waals surface area contributed by atoms with E-state index in [0.717, 1.165) is 72.3 Å².